The average Bonchev–Trinajstić information content (AvgIpc) is 3.07. The van der Waals surface area contributed by atoms with Crippen LogP contribution in [0.15, 0.2) is 60.7 Å². The lowest BCUT2D eigenvalue weighted by molar-refractivity contribution is 0.102. The van der Waals surface area contributed by atoms with Crippen molar-refractivity contribution in [1.29, 1.82) is 0 Å². The maximum atomic E-state index is 12.6. The zero-order chi connectivity index (χ0) is 19.0. The number of aryl methyl sites for hydroxylation is 1. The number of aromatic nitrogens is 1. The Morgan fingerprint density at radius 1 is 1.04 bits per heavy atom. The minimum Gasteiger partial charge on any atom is -0.507 e. The van der Waals surface area contributed by atoms with Gasteiger partial charge < -0.3 is 10.4 Å². The molecule has 0 saturated carbocycles. The molecule has 0 aliphatic rings. The first kappa shape index (κ1) is 17.2. The van der Waals surface area contributed by atoms with E-state index in [1.807, 2.05) is 50.2 Å². The lowest BCUT2D eigenvalue weighted by Gasteiger charge is -2.10. The van der Waals surface area contributed by atoms with Crippen molar-refractivity contribution in [3.05, 3.63) is 77.4 Å². The van der Waals surface area contributed by atoms with Crippen molar-refractivity contribution in [3.63, 3.8) is 0 Å². The molecule has 0 radical (unpaired) electrons. The molecule has 0 spiro atoms. The van der Waals surface area contributed by atoms with Crippen molar-refractivity contribution in [1.82, 2.24) is 4.98 Å². The van der Waals surface area contributed by atoms with Crippen LogP contribution in [0.2, 0.25) is 0 Å². The summed E-state index contributed by atoms with van der Waals surface area (Å²) in [5.41, 5.74) is 4.75. The Morgan fingerprint density at radius 3 is 2.63 bits per heavy atom. The highest BCUT2D eigenvalue weighted by Crippen LogP contribution is 2.36. The molecule has 0 saturated heterocycles. The van der Waals surface area contributed by atoms with E-state index in [4.69, 9.17) is 0 Å². The van der Waals surface area contributed by atoms with Gasteiger partial charge in [-0.1, -0.05) is 24.3 Å². The molecule has 0 fully saturated rings. The third-order valence-corrected chi connectivity index (χ3v) is 5.70. The second kappa shape index (κ2) is 6.85. The summed E-state index contributed by atoms with van der Waals surface area (Å²) in [6, 6.07) is 18.6. The molecule has 4 rings (SSSR count). The second-order valence-electron chi connectivity index (χ2n) is 6.42. The van der Waals surface area contributed by atoms with Crippen molar-refractivity contribution >= 4 is 33.1 Å². The largest absolute Gasteiger partial charge is 0.507 e. The minimum atomic E-state index is -0.191. The van der Waals surface area contributed by atoms with Crippen LogP contribution in [-0.2, 0) is 0 Å². The van der Waals surface area contributed by atoms with Gasteiger partial charge in [0.15, 0.2) is 0 Å². The summed E-state index contributed by atoms with van der Waals surface area (Å²) < 4.78 is 1.07. The molecule has 0 unspecified atom stereocenters. The number of hydrogen-bond acceptors (Lipinski definition) is 4. The number of fused-ring (bicyclic) bond motifs is 1. The van der Waals surface area contributed by atoms with Crippen LogP contribution >= 0.6 is 11.3 Å². The number of phenols is 1. The van der Waals surface area contributed by atoms with Gasteiger partial charge in [-0.2, -0.15) is 0 Å². The zero-order valence-corrected chi connectivity index (χ0v) is 15.8. The number of thiazole rings is 1. The molecular formula is C22H18N2O2S. The number of para-hydroxylation sites is 1. The molecule has 3 aromatic carbocycles. The van der Waals surface area contributed by atoms with Gasteiger partial charge in [0.25, 0.3) is 5.91 Å². The average molecular weight is 374 g/mol. The Bertz CT molecular complexity index is 1130. The number of benzene rings is 3. The Hall–Kier alpha value is -3.18. The fourth-order valence-electron chi connectivity index (χ4n) is 2.97. The van der Waals surface area contributed by atoms with Gasteiger partial charge >= 0.3 is 0 Å². The Morgan fingerprint density at radius 2 is 1.85 bits per heavy atom. The molecule has 1 heterocycles. The molecule has 27 heavy (non-hydrogen) atoms. The van der Waals surface area contributed by atoms with Crippen molar-refractivity contribution in [2.75, 3.05) is 5.32 Å². The van der Waals surface area contributed by atoms with Gasteiger partial charge in [0.1, 0.15) is 10.8 Å². The smallest absolute Gasteiger partial charge is 0.255 e. The van der Waals surface area contributed by atoms with Gasteiger partial charge in [-0.05, 0) is 55.3 Å². The van der Waals surface area contributed by atoms with E-state index in [-0.39, 0.29) is 11.7 Å². The molecule has 4 aromatic rings. The summed E-state index contributed by atoms with van der Waals surface area (Å²) in [6.07, 6.45) is 0. The topological polar surface area (TPSA) is 62.2 Å². The number of hydrogen-bond donors (Lipinski definition) is 2. The second-order valence-corrected chi connectivity index (χ2v) is 7.45. The molecule has 0 atom stereocenters. The third-order valence-electron chi connectivity index (χ3n) is 4.63. The number of carbonyl (C=O) groups is 1. The summed E-state index contributed by atoms with van der Waals surface area (Å²) in [6.45, 7) is 3.91. The normalized spacial score (nSPS) is 10.9. The van der Waals surface area contributed by atoms with E-state index in [0.717, 1.165) is 26.4 Å². The van der Waals surface area contributed by atoms with Crippen LogP contribution in [0.25, 0.3) is 20.8 Å². The number of aromatic hydroxyl groups is 1. The fraction of sp³-hybridized carbons (Fsp3) is 0.0909. The lowest BCUT2D eigenvalue weighted by Crippen LogP contribution is -2.13. The molecule has 0 bridgehead atoms. The van der Waals surface area contributed by atoms with Crippen molar-refractivity contribution in [2.24, 2.45) is 0 Å². The van der Waals surface area contributed by atoms with Gasteiger partial charge in [0.05, 0.1) is 15.8 Å². The maximum Gasteiger partial charge on any atom is 0.255 e. The Balaban J connectivity index is 1.61. The van der Waals surface area contributed by atoms with Crippen LogP contribution in [0.5, 0.6) is 5.75 Å². The molecule has 134 valence electrons. The summed E-state index contributed by atoms with van der Waals surface area (Å²) in [5, 5.41) is 14.1. The van der Waals surface area contributed by atoms with Gasteiger partial charge in [0, 0.05) is 17.3 Å². The highest BCUT2D eigenvalue weighted by molar-refractivity contribution is 7.21. The van der Waals surface area contributed by atoms with E-state index in [1.54, 1.807) is 24.3 Å². The zero-order valence-electron chi connectivity index (χ0n) is 15.0. The van der Waals surface area contributed by atoms with Crippen LogP contribution in [-0.4, -0.2) is 16.0 Å². The number of phenolic OH excluding ortho intramolecular Hbond substituents is 1. The standard InChI is InChI=1S/C22H18N2O2S/c1-13-6-5-7-16(14(13)2)21(26)23-15-10-11-17(19(25)12-15)22-24-18-8-3-4-9-20(18)27-22/h3-12,25H,1-2H3,(H,23,26). The van der Waals surface area contributed by atoms with Crippen molar-refractivity contribution in [2.45, 2.75) is 13.8 Å². The van der Waals surface area contributed by atoms with Gasteiger partial charge in [-0.3, -0.25) is 4.79 Å². The van der Waals surface area contributed by atoms with E-state index in [0.29, 0.717) is 16.8 Å². The summed E-state index contributed by atoms with van der Waals surface area (Å²) in [7, 11) is 0. The molecule has 2 N–H and O–H groups in total. The lowest BCUT2D eigenvalue weighted by atomic mass is 10.0. The molecule has 5 heteroatoms. The minimum absolute atomic E-state index is 0.0906. The van der Waals surface area contributed by atoms with E-state index in [2.05, 4.69) is 10.3 Å². The quantitative estimate of drug-likeness (QED) is 0.495. The molecule has 0 aliphatic carbocycles. The molecule has 0 aliphatic heterocycles. The predicted molar refractivity (Wildman–Crippen MR) is 111 cm³/mol. The number of nitrogens with one attached hydrogen (secondary N) is 1. The number of carbonyl (C=O) groups excluding carboxylic acids is 1. The van der Waals surface area contributed by atoms with Crippen molar-refractivity contribution in [3.8, 4) is 16.3 Å². The van der Waals surface area contributed by atoms with Gasteiger partial charge in [-0.15, -0.1) is 11.3 Å². The first-order valence-corrected chi connectivity index (χ1v) is 9.41. The van der Waals surface area contributed by atoms with Crippen LogP contribution in [0, 0.1) is 13.8 Å². The first-order chi connectivity index (χ1) is 13.0. The highest BCUT2D eigenvalue weighted by Gasteiger charge is 2.14. The first-order valence-electron chi connectivity index (χ1n) is 8.59. The number of amides is 1. The monoisotopic (exact) mass is 374 g/mol. The van der Waals surface area contributed by atoms with Crippen LogP contribution in [0.3, 0.4) is 0 Å². The molecule has 1 amide bonds. The van der Waals surface area contributed by atoms with Gasteiger partial charge in [-0.25, -0.2) is 4.98 Å². The number of anilines is 1. The van der Waals surface area contributed by atoms with Crippen molar-refractivity contribution < 1.29 is 9.90 Å². The number of nitrogens with zero attached hydrogens (tertiary/aromatic N) is 1. The summed E-state index contributed by atoms with van der Waals surface area (Å²) in [4.78, 5) is 17.1. The molecule has 1 aromatic heterocycles. The fourth-order valence-corrected chi connectivity index (χ4v) is 3.97. The van der Waals surface area contributed by atoms with E-state index >= 15 is 0 Å². The molecular weight excluding hydrogens is 356 g/mol. The maximum absolute atomic E-state index is 12.6. The van der Waals surface area contributed by atoms with E-state index < -0.39 is 0 Å². The number of rotatable bonds is 3. The molecule has 4 nitrogen and oxygen atoms in total. The van der Waals surface area contributed by atoms with Crippen LogP contribution in [0.1, 0.15) is 21.5 Å². The summed E-state index contributed by atoms with van der Waals surface area (Å²) >= 11 is 1.53. The summed E-state index contributed by atoms with van der Waals surface area (Å²) in [5.74, 6) is -0.101. The third kappa shape index (κ3) is 3.29. The van der Waals surface area contributed by atoms with E-state index in [9.17, 15) is 9.90 Å². The van der Waals surface area contributed by atoms with Crippen LogP contribution < -0.4 is 5.32 Å². The Labute approximate surface area is 161 Å². The van der Waals surface area contributed by atoms with Gasteiger partial charge in [0.2, 0.25) is 0 Å². The Kier molecular flexibility index (Phi) is 4.38. The highest BCUT2D eigenvalue weighted by atomic mass is 32.1. The van der Waals surface area contributed by atoms with Crippen LogP contribution in [0.4, 0.5) is 5.69 Å². The predicted octanol–water partition coefficient (Wildman–Crippen LogP) is 5.54. The SMILES string of the molecule is Cc1cccc(C(=O)Nc2ccc(-c3nc4ccccc4s3)c(O)c2)c1C. The van der Waals surface area contributed by atoms with E-state index in [1.165, 1.54) is 11.3 Å².